The molecule has 5 nitrogen and oxygen atoms in total. The van der Waals surface area contributed by atoms with Gasteiger partial charge in [-0.1, -0.05) is 18.2 Å². The Hall–Kier alpha value is -1.99. The fraction of sp³-hybridized carbons (Fsp3) is 0.375. The molecule has 0 radical (unpaired) electrons. The van der Waals surface area contributed by atoms with Gasteiger partial charge in [0.2, 0.25) is 0 Å². The number of amides is 2. The molecular weight excluding hydrogens is 317 g/mol. The number of benzene rings is 1. The molecule has 0 fully saturated rings. The highest BCUT2D eigenvalue weighted by atomic mass is 32.1. The molecule has 2 aromatic rings. The molecule has 0 aliphatic rings. The number of nitrogens with one attached hydrogen (secondary N) is 2. The second-order valence-corrected chi connectivity index (χ2v) is 6.46. The summed E-state index contributed by atoms with van der Waals surface area (Å²) in [6.07, 6.45) is -0.422. The first-order chi connectivity index (χ1) is 11.0. The van der Waals surface area contributed by atoms with E-state index in [1.165, 1.54) is 17.0 Å². The maximum absolute atomic E-state index is 13.5. The summed E-state index contributed by atoms with van der Waals surface area (Å²) in [6.45, 7) is 4.37. The molecule has 0 bridgehead atoms. The minimum Gasteiger partial charge on any atom is -0.386 e. The van der Waals surface area contributed by atoms with Crippen LogP contribution in [0.4, 0.5) is 9.18 Å². The van der Waals surface area contributed by atoms with Gasteiger partial charge in [-0.2, -0.15) is 0 Å². The van der Waals surface area contributed by atoms with E-state index in [4.69, 9.17) is 0 Å². The summed E-state index contributed by atoms with van der Waals surface area (Å²) >= 11 is 1.62. The summed E-state index contributed by atoms with van der Waals surface area (Å²) in [5, 5.41) is 16.1. The first kappa shape index (κ1) is 17.4. The average molecular weight is 337 g/mol. The van der Waals surface area contributed by atoms with E-state index in [9.17, 15) is 14.3 Å². The molecule has 1 aromatic carbocycles. The number of urea groups is 1. The van der Waals surface area contributed by atoms with Crippen molar-refractivity contribution in [1.82, 2.24) is 15.6 Å². The lowest BCUT2D eigenvalue weighted by molar-refractivity contribution is 0.169. The fourth-order valence-electron chi connectivity index (χ4n) is 2.04. The average Bonchev–Trinajstić information content (AvgIpc) is 2.83. The van der Waals surface area contributed by atoms with Crippen molar-refractivity contribution >= 4 is 17.4 Å². The van der Waals surface area contributed by atoms with Gasteiger partial charge < -0.3 is 15.7 Å². The maximum atomic E-state index is 13.5. The van der Waals surface area contributed by atoms with Gasteiger partial charge in [-0.3, -0.25) is 0 Å². The Balaban J connectivity index is 1.72. The number of rotatable bonds is 6. The Morgan fingerprint density at radius 2 is 2.09 bits per heavy atom. The monoisotopic (exact) mass is 337 g/mol. The van der Waals surface area contributed by atoms with Crippen LogP contribution in [0.5, 0.6) is 0 Å². The Morgan fingerprint density at radius 1 is 1.35 bits per heavy atom. The van der Waals surface area contributed by atoms with E-state index in [0.717, 1.165) is 10.7 Å². The van der Waals surface area contributed by atoms with Crippen molar-refractivity contribution in [2.24, 2.45) is 0 Å². The summed E-state index contributed by atoms with van der Waals surface area (Å²) in [5.41, 5.74) is 1.18. The molecule has 0 aliphatic heterocycles. The van der Waals surface area contributed by atoms with Crippen molar-refractivity contribution in [2.75, 3.05) is 13.1 Å². The van der Waals surface area contributed by atoms with Crippen molar-refractivity contribution in [2.45, 2.75) is 26.4 Å². The fourth-order valence-corrected chi connectivity index (χ4v) is 2.97. The first-order valence-corrected chi connectivity index (χ1v) is 8.16. The number of halogens is 1. The van der Waals surface area contributed by atoms with Crippen LogP contribution in [0.2, 0.25) is 0 Å². The lowest BCUT2D eigenvalue weighted by atomic mass is 10.1. The number of thiazole rings is 1. The number of hydrogen-bond donors (Lipinski definition) is 3. The smallest absolute Gasteiger partial charge is 0.314 e. The molecule has 1 atom stereocenters. The number of aryl methyl sites for hydroxylation is 2. The molecule has 2 amide bonds. The minimum absolute atomic E-state index is 0.0533. The van der Waals surface area contributed by atoms with Gasteiger partial charge in [-0.25, -0.2) is 14.2 Å². The number of aliphatic hydroxyl groups is 1. The van der Waals surface area contributed by atoms with Crippen molar-refractivity contribution < 1.29 is 14.3 Å². The largest absolute Gasteiger partial charge is 0.386 e. The van der Waals surface area contributed by atoms with Crippen LogP contribution < -0.4 is 10.6 Å². The topological polar surface area (TPSA) is 74.2 Å². The Kier molecular flexibility index (Phi) is 6.06. The van der Waals surface area contributed by atoms with Crippen LogP contribution in [0.15, 0.2) is 24.3 Å². The number of carbonyl (C=O) groups excluding carboxylic acids is 1. The van der Waals surface area contributed by atoms with Gasteiger partial charge in [0.15, 0.2) is 0 Å². The van der Waals surface area contributed by atoms with E-state index in [-0.39, 0.29) is 12.1 Å². The summed E-state index contributed by atoms with van der Waals surface area (Å²) in [5.74, 6) is -0.489. The maximum Gasteiger partial charge on any atom is 0.314 e. The summed E-state index contributed by atoms with van der Waals surface area (Å²) < 4.78 is 13.5. The molecule has 1 heterocycles. The van der Waals surface area contributed by atoms with Crippen LogP contribution >= 0.6 is 11.3 Å². The van der Waals surface area contributed by atoms with Gasteiger partial charge in [0.1, 0.15) is 5.82 Å². The van der Waals surface area contributed by atoms with Crippen LogP contribution in [0.1, 0.15) is 27.2 Å². The second kappa shape index (κ2) is 8.03. The van der Waals surface area contributed by atoms with Crippen LogP contribution in [-0.2, 0) is 6.42 Å². The van der Waals surface area contributed by atoms with E-state index in [2.05, 4.69) is 15.6 Å². The SMILES string of the molecule is Cc1nc(CCNC(=O)NCC(O)c2ccccc2F)sc1C. The quantitative estimate of drug-likeness (QED) is 0.758. The number of hydrogen-bond acceptors (Lipinski definition) is 4. The molecule has 0 saturated carbocycles. The molecule has 2 rings (SSSR count). The lowest BCUT2D eigenvalue weighted by Gasteiger charge is -2.13. The van der Waals surface area contributed by atoms with Gasteiger partial charge in [0.25, 0.3) is 0 Å². The van der Waals surface area contributed by atoms with Gasteiger partial charge in [-0.05, 0) is 19.9 Å². The number of aromatic nitrogens is 1. The zero-order chi connectivity index (χ0) is 16.8. The zero-order valence-electron chi connectivity index (χ0n) is 13.1. The van der Waals surface area contributed by atoms with Crippen molar-refractivity contribution in [3.8, 4) is 0 Å². The molecular formula is C16H20FN3O2S. The zero-order valence-corrected chi connectivity index (χ0v) is 13.9. The Bertz CT molecular complexity index is 656. The van der Waals surface area contributed by atoms with Crippen LogP contribution in [0, 0.1) is 19.7 Å². The Labute approximate surface area is 138 Å². The van der Waals surface area contributed by atoms with Gasteiger partial charge >= 0.3 is 6.03 Å². The van der Waals surface area contributed by atoms with E-state index in [0.29, 0.717) is 13.0 Å². The number of aliphatic hydroxyl groups excluding tert-OH is 1. The molecule has 7 heteroatoms. The highest BCUT2D eigenvalue weighted by molar-refractivity contribution is 7.11. The molecule has 23 heavy (non-hydrogen) atoms. The number of carbonyl (C=O) groups is 1. The third-order valence-electron chi connectivity index (χ3n) is 3.42. The highest BCUT2D eigenvalue weighted by Gasteiger charge is 2.13. The van der Waals surface area contributed by atoms with Crippen LogP contribution in [0.3, 0.4) is 0 Å². The predicted octanol–water partition coefficient (Wildman–Crippen LogP) is 2.47. The normalized spacial score (nSPS) is 12.0. The Morgan fingerprint density at radius 3 is 2.74 bits per heavy atom. The first-order valence-electron chi connectivity index (χ1n) is 7.34. The summed E-state index contributed by atoms with van der Waals surface area (Å²) in [7, 11) is 0. The molecule has 0 aliphatic carbocycles. The third-order valence-corrected chi connectivity index (χ3v) is 4.55. The van der Waals surface area contributed by atoms with Crippen molar-refractivity contribution in [3.63, 3.8) is 0 Å². The minimum atomic E-state index is -1.08. The standard InChI is InChI=1S/C16H20FN3O2S/c1-10-11(2)23-15(20-10)7-8-18-16(22)19-9-14(21)12-5-3-4-6-13(12)17/h3-6,14,21H,7-9H2,1-2H3,(H2,18,19,22). The van der Waals surface area contributed by atoms with Crippen LogP contribution in [0.25, 0.3) is 0 Å². The van der Waals surface area contributed by atoms with Gasteiger partial charge in [0, 0.05) is 30.0 Å². The summed E-state index contributed by atoms with van der Waals surface area (Å²) in [4.78, 5) is 17.3. The lowest BCUT2D eigenvalue weighted by Crippen LogP contribution is -2.38. The molecule has 124 valence electrons. The van der Waals surface area contributed by atoms with Gasteiger partial charge in [0.05, 0.1) is 16.8 Å². The predicted molar refractivity (Wildman–Crippen MR) is 88.1 cm³/mol. The van der Waals surface area contributed by atoms with Crippen molar-refractivity contribution in [1.29, 1.82) is 0 Å². The van der Waals surface area contributed by atoms with E-state index in [1.54, 1.807) is 23.5 Å². The van der Waals surface area contributed by atoms with E-state index in [1.807, 2.05) is 13.8 Å². The van der Waals surface area contributed by atoms with E-state index >= 15 is 0 Å². The van der Waals surface area contributed by atoms with E-state index < -0.39 is 18.0 Å². The summed E-state index contributed by atoms with van der Waals surface area (Å²) in [6, 6.07) is 5.56. The molecule has 0 spiro atoms. The molecule has 1 unspecified atom stereocenters. The molecule has 3 N–H and O–H groups in total. The second-order valence-electron chi connectivity index (χ2n) is 5.17. The molecule has 1 aromatic heterocycles. The third kappa shape index (κ3) is 5.01. The number of nitrogens with zero attached hydrogens (tertiary/aromatic N) is 1. The van der Waals surface area contributed by atoms with Crippen molar-refractivity contribution in [3.05, 3.63) is 51.2 Å². The molecule has 0 saturated heterocycles. The van der Waals surface area contributed by atoms with Crippen LogP contribution in [-0.4, -0.2) is 29.2 Å². The van der Waals surface area contributed by atoms with Gasteiger partial charge in [-0.15, -0.1) is 11.3 Å². The highest BCUT2D eigenvalue weighted by Crippen LogP contribution is 2.16.